The van der Waals surface area contributed by atoms with Gasteiger partial charge in [0.1, 0.15) is 0 Å². The Morgan fingerprint density at radius 1 is 1.47 bits per heavy atom. The molecule has 2 atom stereocenters. The van der Waals surface area contributed by atoms with E-state index in [-0.39, 0.29) is 24.5 Å². The van der Waals surface area contributed by atoms with Crippen molar-refractivity contribution >= 4 is 11.9 Å². The molecule has 5 heteroatoms. The van der Waals surface area contributed by atoms with E-state index in [9.17, 15) is 9.59 Å². The molecule has 2 aliphatic rings. The average molecular weight is 241 g/mol. The van der Waals surface area contributed by atoms with Gasteiger partial charge in [0.05, 0.1) is 24.0 Å². The van der Waals surface area contributed by atoms with Crippen LogP contribution in [0, 0.1) is 11.3 Å². The van der Waals surface area contributed by atoms with Gasteiger partial charge in [-0.2, -0.15) is 0 Å². The number of carbonyl (C=O) groups excluding carboxylic acids is 1. The lowest BCUT2D eigenvalue weighted by Gasteiger charge is -2.37. The van der Waals surface area contributed by atoms with Crippen molar-refractivity contribution in [1.82, 2.24) is 5.32 Å². The predicted molar refractivity (Wildman–Crippen MR) is 60.5 cm³/mol. The topological polar surface area (TPSA) is 75.6 Å². The average Bonchev–Trinajstić information content (AvgIpc) is 2.62. The third kappa shape index (κ3) is 2.44. The molecule has 0 bridgehead atoms. The molecule has 1 heterocycles. The van der Waals surface area contributed by atoms with Crippen molar-refractivity contribution in [3.05, 3.63) is 0 Å². The predicted octanol–water partition coefficient (Wildman–Crippen LogP) is 0.782. The zero-order chi connectivity index (χ0) is 12.5. The van der Waals surface area contributed by atoms with Crippen LogP contribution in [-0.4, -0.2) is 36.2 Å². The van der Waals surface area contributed by atoms with Gasteiger partial charge in [0.2, 0.25) is 5.91 Å². The maximum Gasteiger partial charge on any atom is 0.311 e. The summed E-state index contributed by atoms with van der Waals surface area (Å²) in [6, 6.07) is 0. The summed E-state index contributed by atoms with van der Waals surface area (Å²) in [6.07, 6.45) is 3.13. The van der Waals surface area contributed by atoms with Crippen molar-refractivity contribution in [2.24, 2.45) is 11.3 Å². The van der Waals surface area contributed by atoms with E-state index in [0.717, 1.165) is 12.8 Å². The van der Waals surface area contributed by atoms with E-state index in [4.69, 9.17) is 9.84 Å². The van der Waals surface area contributed by atoms with Crippen molar-refractivity contribution in [2.45, 2.75) is 38.7 Å². The quantitative estimate of drug-likeness (QED) is 0.762. The van der Waals surface area contributed by atoms with Gasteiger partial charge in [0.25, 0.3) is 0 Å². The highest BCUT2D eigenvalue weighted by Crippen LogP contribution is 2.40. The fourth-order valence-corrected chi connectivity index (χ4v) is 2.47. The lowest BCUT2D eigenvalue weighted by atomic mass is 9.68. The van der Waals surface area contributed by atoms with Crippen molar-refractivity contribution in [3.8, 4) is 0 Å². The molecule has 2 rings (SSSR count). The molecule has 1 amide bonds. The Morgan fingerprint density at radius 2 is 2.18 bits per heavy atom. The zero-order valence-corrected chi connectivity index (χ0v) is 10.1. The van der Waals surface area contributed by atoms with Gasteiger partial charge in [-0.1, -0.05) is 6.42 Å². The van der Waals surface area contributed by atoms with Crippen LogP contribution in [0.3, 0.4) is 0 Å². The maximum atomic E-state index is 11.8. The van der Waals surface area contributed by atoms with Crippen LogP contribution in [0.25, 0.3) is 0 Å². The molecule has 2 N–H and O–H groups in total. The van der Waals surface area contributed by atoms with E-state index in [2.05, 4.69) is 5.32 Å². The fourth-order valence-electron chi connectivity index (χ4n) is 2.47. The second kappa shape index (κ2) is 4.64. The molecular formula is C12H19NO4. The zero-order valence-electron chi connectivity index (χ0n) is 10.1. The van der Waals surface area contributed by atoms with Gasteiger partial charge in [-0.25, -0.2) is 0 Å². The van der Waals surface area contributed by atoms with Crippen LogP contribution in [0.5, 0.6) is 0 Å². The van der Waals surface area contributed by atoms with Crippen LogP contribution in [0.1, 0.15) is 32.6 Å². The summed E-state index contributed by atoms with van der Waals surface area (Å²) in [7, 11) is 0. The number of nitrogens with one attached hydrogen (secondary N) is 1. The van der Waals surface area contributed by atoms with Crippen molar-refractivity contribution in [1.29, 1.82) is 0 Å². The molecule has 17 heavy (non-hydrogen) atoms. The molecular weight excluding hydrogens is 222 g/mol. The van der Waals surface area contributed by atoms with Gasteiger partial charge >= 0.3 is 5.97 Å². The largest absolute Gasteiger partial charge is 0.481 e. The van der Waals surface area contributed by atoms with Crippen molar-refractivity contribution < 1.29 is 19.4 Å². The summed E-state index contributed by atoms with van der Waals surface area (Å²) >= 11 is 0. The molecule has 0 aromatic heterocycles. The first-order chi connectivity index (χ1) is 8.03. The molecule has 0 spiro atoms. The highest BCUT2D eigenvalue weighted by Gasteiger charge is 2.44. The summed E-state index contributed by atoms with van der Waals surface area (Å²) in [6.45, 7) is 2.65. The summed E-state index contributed by atoms with van der Waals surface area (Å²) in [4.78, 5) is 22.9. The van der Waals surface area contributed by atoms with Crippen LogP contribution < -0.4 is 5.32 Å². The summed E-state index contributed by atoms with van der Waals surface area (Å²) < 4.78 is 5.33. The molecule has 1 aliphatic heterocycles. The number of carboxylic acids is 1. The van der Waals surface area contributed by atoms with Crippen LogP contribution in [0.2, 0.25) is 0 Å². The van der Waals surface area contributed by atoms with E-state index in [1.165, 1.54) is 0 Å². The minimum Gasteiger partial charge on any atom is -0.481 e. The molecule has 0 radical (unpaired) electrons. The molecule has 0 aromatic carbocycles. The smallest absolute Gasteiger partial charge is 0.311 e. The SMILES string of the molecule is CC1CC(C(=O)NCC2(C(=O)O)CCC2)CO1. The fraction of sp³-hybridized carbons (Fsp3) is 0.833. The van der Waals surface area contributed by atoms with Crippen molar-refractivity contribution in [2.75, 3.05) is 13.2 Å². The third-order valence-corrected chi connectivity index (χ3v) is 3.93. The highest BCUT2D eigenvalue weighted by molar-refractivity contribution is 5.81. The second-order valence-corrected chi connectivity index (χ2v) is 5.23. The van der Waals surface area contributed by atoms with Gasteiger partial charge in [0, 0.05) is 6.54 Å². The number of carbonyl (C=O) groups is 2. The van der Waals surface area contributed by atoms with Gasteiger partial charge in [-0.05, 0) is 26.2 Å². The van der Waals surface area contributed by atoms with Crippen LogP contribution in [0.15, 0.2) is 0 Å². The Morgan fingerprint density at radius 3 is 2.59 bits per heavy atom. The van der Waals surface area contributed by atoms with Crippen molar-refractivity contribution in [3.63, 3.8) is 0 Å². The Bertz CT molecular complexity index is 324. The van der Waals surface area contributed by atoms with Crippen LogP contribution >= 0.6 is 0 Å². The number of rotatable bonds is 4. The molecule has 5 nitrogen and oxygen atoms in total. The first-order valence-electron chi connectivity index (χ1n) is 6.16. The molecule has 2 fully saturated rings. The second-order valence-electron chi connectivity index (χ2n) is 5.23. The van der Waals surface area contributed by atoms with E-state index < -0.39 is 11.4 Å². The lowest BCUT2D eigenvalue weighted by molar-refractivity contribution is -0.154. The lowest BCUT2D eigenvalue weighted by Crippen LogP contribution is -2.48. The Kier molecular flexibility index (Phi) is 3.38. The Balaban J connectivity index is 1.81. The first-order valence-corrected chi connectivity index (χ1v) is 6.16. The summed E-state index contributed by atoms with van der Waals surface area (Å²) in [5, 5.41) is 11.9. The van der Waals surface area contributed by atoms with E-state index in [1.54, 1.807) is 0 Å². The van der Waals surface area contributed by atoms with Gasteiger partial charge < -0.3 is 15.2 Å². The number of ether oxygens (including phenoxy) is 1. The standard InChI is InChI=1S/C12H19NO4/c1-8-5-9(6-17-8)10(14)13-7-12(11(15)16)3-2-4-12/h8-9H,2-7H2,1H3,(H,13,14)(H,15,16). The Labute approximate surface area is 101 Å². The molecule has 96 valence electrons. The molecule has 1 saturated carbocycles. The van der Waals surface area contributed by atoms with Crippen LogP contribution in [-0.2, 0) is 14.3 Å². The summed E-state index contributed by atoms with van der Waals surface area (Å²) in [5.41, 5.74) is -0.708. The van der Waals surface area contributed by atoms with E-state index in [1.807, 2.05) is 6.92 Å². The van der Waals surface area contributed by atoms with Gasteiger partial charge in [-0.3, -0.25) is 9.59 Å². The van der Waals surface area contributed by atoms with E-state index >= 15 is 0 Å². The molecule has 1 aliphatic carbocycles. The minimum absolute atomic E-state index is 0.0677. The number of hydrogen-bond acceptors (Lipinski definition) is 3. The number of hydrogen-bond donors (Lipinski definition) is 2. The monoisotopic (exact) mass is 241 g/mol. The normalized spacial score (nSPS) is 30.6. The summed E-state index contributed by atoms with van der Waals surface area (Å²) in [5.74, 6) is -0.974. The number of carboxylic acid groups (broad SMARTS) is 1. The minimum atomic E-state index is -0.792. The van der Waals surface area contributed by atoms with Gasteiger partial charge in [0.15, 0.2) is 0 Å². The Hall–Kier alpha value is -1.10. The van der Waals surface area contributed by atoms with E-state index in [0.29, 0.717) is 19.4 Å². The van der Waals surface area contributed by atoms with Crippen LogP contribution in [0.4, 0.5) is 0 Å². The molecule has 2 unspecified atom stereocenters. The first kappa shape index (κ1) is 12.4. The highest BCUT2D eigenvalue weighted by atomic mass is 16.5. The third-order valence-electron chi connectivity index (χ3n) is 3.93. The number of amides is 1. The number of aliphatic carboxylic acids is 1. The van der Waals surface area contributed by atoms with Gasteiger partial charge in [-0.15, -0.1) is 0 Å². The molecule has 1 saturated heterocycles. The maximum absolute atomic E-state index is 11.8. The molecule has 0 aromatic rings.